The molecule has 0 fully saturated rings. The van der Waals surface area contributed by atoms with Crippen molar-refractivity contribution in [3.8, 4) is 0 Å². The Bertz CT molecular complexity index is 304. The van der Waals surface area contributed by atoms with Crippen molar-refractivity contribution in [2.24, 2.45) is 5.73 Å². The van der Waals surface area contributed by atoms with Crippen molar-refractivity contribution < 1.29 is 4.74 Å². The van der Waals surface area contributed by atoms with Crippen LogP contribution in [-0.4, -0.2) is 22.6 Å². The maximum atomic E-state index is 5.89. The van der Waals surface area contributed by atoms with Gasteiger partial charge in [0.1, 0.15) is 6.61 Å². The van der Waals surface area contributed by atoms with E-state index in [1.165, 1.54) is 0 Å². The van der Waals surface area contributed by atoms with Crippen molar-refractivity contribution in [1.29, 1.82) is 0 Å². The zero-order valence-corrected chi connectivity index (χ0v) is 10.1. The van der Waals surface area contributed by atoms with Gasteiger partial charge >= 0.3 is 0 Å². The van der Waals surface area contributed by atoms with Crippen molar-refractivity contribution in [2.45, 2.75) is 45.8 Å². The van der Waals surface area contributed by atoms with Crippen LogP contribution in [0.5, 0.6) is 0 Å². The molecule has 0 amide bonds. The first kappa shape index (κ1) is 13.1. The van der Waals surface area contributed by atoms with Crippen LogP contribution in [0.2, 0.25) is 0 Å². The predicted octanol–water partition coefficient (Wildman–Crippen LogP) is 1.68. The highest BCUT2D eigenvalue weighted by Crippen LogP contribution is 2.02. The number of hydrogen-bond donors (Lipinski definition) is 1. The fourth-order valence-corrected chi connectivity index (χ4v) is 1.35. The van der Waals surface area contributed by atoms with E-state index in [9.17, 15) is 0 Å². The van der Waals surface area contributed by atoms with Gasteiger partial charge in [-0.05, 0) is 18.9 Å². The van der Waals surface area contributed by atoms with Crippen LogP contribution >= 0.6 is 0 Å². The summed E-state index contributed by atoms with van der Waals surface area (Å²) >= 11 is 0. The Morgan fingerprint density at radius 1 is 1.44 bits per heavy atom. The molecule has 1 unspecified atom stereocenters. The minimum Gasteiger partial charge on any atom is -0.373 e. The van der Waals surface area contributed by atoms with Crippen LogP contribution in [0.1, 0.15) is 38.2 Å². The number of hydrogen-bond acceptors (Lipinski definition) is 4. The van der Waals surface area contributed by atoms with Crippen LogP contribution < -0.4 is 5.73 Å². The Morgan fingerprint density at radius 2 is 2.25 bits per heavy atom. The number of aromatic nitrogens is 2. The fourth-order valence-electron chi connectivity index (χ4n) is 1.35. The quantitative estimate of drug-likeness (QED) is 0.714. The topological polar surface area (TPSA) is 61.0 Å². The van der Waals surface area contributed by atoms with Gasteiger partial charge in [-0.25, -0.2) is 9.97 Å². The molecule has 0 saturated carbocycles. The molecule has 0 bridgehead atoms. The average Bonchev–Trinajstić information content (AvgIpc) is 2.30. The molecule has 1 aromatic rings. The summed E-state index contributed by atoms with van der Waals surface area (Å²) in [5.41, 5.74) is 6.88. The minimum atomic E-state index is 0.180. The first-order valence-corrected chi connectivity index (χ1v) is 5.90. The van der Waals surface area contributed by atoms with E-state index in [0.717, 1.165) is 37.4 Å². The molecule has 0 aliphatic carbocycles. The highest BCUT2D eigenvalue weighted by Gasteiger charge is 2.04. The third-order valence-corrected chi connectivity index (χ3v) is 2.34. The smallest absolute Gasteiger partial charge is 0.154 e. The number of nitrogens with zero attached hydrogens (tertiary/aromatic N) is 2. The molecule has 0 saturated heterocycles. The molecule has 0 aliphatic rings. The van der Waals surface area contributed by atoms with Gasteiger partial charge in [0.2, 0.25) is 0 Å². The first-order chi connectivity index (χ1) is 7.76. The third-order valence-electron chi connectivity index (χ3n) is 2.34. The van der Waals surface area contributed by atoms with Gasteiger partial charge in [0.15, 0.2) is 5.82 Å². The van der Waals surface area contributed by atoms with E-state index in [2.05, 4.69) is 23.8 Å². The second-order valence-corrected chi connectivity index (χ2v) is 3.89. The van der Waals surface area contributed by atoms with E-state index in [1.54, 1.807) is 6.20 Å². The zero-order chi connectivity index (χ0) is 11.8. The standard InChI is InChI=1S/C12H21N3O/c1-3-7-16-9-12-14-6-5-11(15-12)8-10(13)4-2/h5-6,10H,3-4,7-9,13H2,1-2H3. The predicted molar refractivity (Wildman–Crippen MR) is 63.9 cm³/mol. The number of rotatable bonds is 7. The van der Waals surface area contributed by atoms with Gasteiger partial charge in [-0.15, -0.1) is 0 Å². The molecule has 2 N–H and O–H groups in total. The number of nitrogens with two attached hydrogens (primary N) is 1. The van der Waals surface area contributed by atoms with Gasteiger partial charge in [-0.1, -0.05) is 13.8 Å². The molecule has 0 spiro atoms. The lowest BCUT2D eigenvalue weighted by Crippen LogP contribution is -2.22. The molecule has 90 valence electrons. The lowest BCUT2D eigenvalue weighted by Gasteiger charge is -2.08. The Morgan fingerprint density at radius 3 is 2.94 bits per heavy atom. The van der Waals surface area contributed by atoms with E-state index in [1.807, 2.05) is 6.07 Å². The minimum absolute atomic E-state index is 0.180. The summed E-state index contributed by atoms with van der Waals surface area (Å²) in [6.45, 7) is 5.40. The van der Waals surface area contributed by atoms with Gasteiger partial charge in [0.25, 0.3) is 0 Å². The van der Waals surface area contributed by atoms with Crippen molar-refractivity contribution in [1.82, 2.24) is 9.97 Å². The van der Waals surface area contributed by atoms with E-state index in [0.29, 0.717) is 6.61 Å². The van der Waals surface area contributed by atoms with Crippen LogP contribution in [0.4, 0.5) is 0 Å². The number of ether oxygens (including phenoxy) is 1. The van der Waals surface area contributed by atoms with Gasteiger partial charge < -0.3 is 10.5 Å². The summed E-state index contributed by atoms with van der Waals surface area (Å²) in [5.74, 6) is 0.745. The second-order valence-electron chi connectivity index (χ2n) is 3.89. The fraction of sp³-hybridized carbons (Fsp3) is 0.667. The van der Waals surface area contributed by atoms with Crippen LogP contribution in [0, 0.1) is 0 Å². The van der Waals surface area contributed by atoms with E-state index in [-0.39, 0.29) is 6.04 Å². The first-order valence-electron chi connectivity index (χ1n) is 5.90. The summed E-state index contributed by atoms with van der Waals surface area (Å²) in [7, 11) is 0. The van der Waals surface area contributed by atoms with E-state index in [4.69, 9.17) is 10.5 Å². The molecule has 1 rings (SSSR count). The van der Waals surface area contributed by atoms with Crippen molar-refractivity contribution in [2.75, 3.05) is 6.61 Å². The zero-order valence-electron chi connectivity index (χ0n) is 10.1. The van der Waals surface area contributed by atoms with Gasteiger partial charge in [0.05, 0.1) is 0 Å². The van der Waals surface area contributed by atoms with Gasteiger partial charge in [-0.3, -0.25) is 0 Å². The largest absolute Gasteiger partial charge is 0.373 e. The molecular formula is C12H21N3O. The molecule has 1 aromatic heterocycles. The third kappa shape index (κ3) is 4.68. The molecule has 1 heterocycles. The Kier molecular flexibility index (Phi) is 5.96. The van der Waals surface area contributed by atoms with Gasteiger partial charge in [-0.2, -0.15) is 0 Å². The maximum absolute atomic E-state index is 5.89. The molecule has 4 heteroatoms. The van der Waals surface area contributed by atoms with Crippen molar-refractivity contribution >= 4 is 0 Å². The summed E-state index contributed by atoms with van der Waals surface area (Å²) in [6.07, 6.45) is 4.56. The molecular weight excluding hydrogens is 202 g/mol. The molecule has 0 aliphatic heterocycles. The molecule has 1 atom stereocenters. The monoisotopic (exact) mass is 223 g/mol. The summed E-state index contributed by atoms with van der Waals surface area (Å²) in [4.78, 5) is 8.58. The second kappa shape index (κ2) is 7.30. The average molecular weight is 223 g/mol. The highest BCUT2D eigenvalue weighted by atomic mass is 16.5. The summed E-state index contributed by atoms with van der Waals surface area (Å²) in [6, 6.07) is 2.10. The highest BCUT2D eigenvalue weighted by molar-refractivity contribution is 5.03. The van der Waals surface area contributed by atoms with Crippen LogP contribution in [0.15, 0.2) is 12.3 Å². The van der Waals surface area contributed by atoms with E-state index >= 15 is 0 Å². The van der Waals surface area contributed by atoms with Crippen molar-refractivity contribution in [3.05, 3.63) is 23.8 Å². The normalized spacial score (nSPS) is 12.7. The summed E-state index contributed by atoms with van der Waals surface area (Å²) < 4.78 is 5.40. The Balaban J connectivity index is 2.50. The van der Waals surface area contributed by atoms with Crippen LogP contribution in [0.3, 0.4) is 0 Å². The summed E-state index contributed by atoms with van der Waals surface area (Å²) in [5, 5.41) is 0. The molecule has 4 nitrogen and oxygen atoms in total. The molecule has 16 heavy (non-hydrogen) atoms. The Hall–Kier alpha value is -1.00. The van der Waals surface area contributed by atoms with Crippen LogP contribution in [-0.2, 0) is 17.8 Å². The lowest BCUT2D eigenvalue weighted by molar-refractivity contribution is 0.116. The van der Waals surface area contributed by atoms with Crippen molar-refractivity contribution in [3.63, 3.8) is 0 Å². The Labute approximate surface area is 97.2 Å². The SMILES string of the molecule is CCCOCc1nccc(CC(N)CC)n1. The lowest BCUT2D eigenvalue weighted by atomic mass is 10.1. The molecule has 0 aromatic carbocycles. The van der Waals surface area contributed by atoms with E-state index < -0.39 is 0 Å². The van der Waals surface area contributed by atoms with Crippen LogP contribution in [0.25, 0.3) is 0 Å². The molecule has 0 radical (unpaired) electrons. The van der Waals surface area contributed by atoms with Gasteiger partial charge in [0, 0.05) is 31.0 Å². The maximum Gasteiger partial charge on any atom is 0.154 e.